The van der Waals surface area contributed by atoms with Crippen molar-refractivity contribution in [2.75, 3.05) is 11.9 Å². The molecule has 0 aliphatic heterocycles. The number of carbonyl (C=O) groups excluding carboxylic acids is 1. The summed E-state index contributed by atoms with van der Waals surface area (Å²) in [5, 5.41) is 21.4. The molecule has 0 aliphatic rings. The van der Waals surface area contributed by atoms with Crippen LogP contribution >= 0.6 is 0 Å². The van der Waals surface area contributed by atoms with Gasteiger partial charge in [-0.2, -0.15) is 13.2 Å². The molecular weight excluding hydrogens is 281 g/mol. The molecule has 0 saturated heterocycles. The number of carboxylic acids is 1. The number of nitrogens with one attached hydrogen (secondary N) is 2. The van der Waals surface area contributed by atoms with Crippen molar-refractivity contribution in [2.45, 2.75) is 12.2 Å². The van der Waals surface area contributed by atoms with E-state index < -0.39 is 36.4 Å². The summed E-state index contributed by atoms with van der Waals surface area (Å²) in [7, 11) is 0. The summed E-state index contributed by atoms with van der Waals surface area (Å²) in [6, 6.07) is 1.15. The van der Waals surface area contributed by atoms with E-state index in [4.69, 9.17) is 10.2 Å². The number of aliphatic hydroxyl groups is 1. The third kappa shape index (κ3) is 4.43. The van der Waals surface area contributed by atoms with Crippen molar-refractivity contribution in [3.63, 3.8) is 0 Å². The van der Waals surface area contributed by atoms with Crippen molar-refractivity contribution < 1.29 is 33.0 Å². The summed E-state index contributed by atoms with van der Waals surface area (Å²) in [6.07, 6.45) is -4.48. The molecule has 0 spiro atoms. The number of hydrogen-bond donors (Lipinski definition) is 4. The zero-order valence-corrected chi connectivity index (χ0v) is 9.94. The lowest BCUT2D eigenvalue weighted by atomic mass is 10.2. The number of aliphatic carboxylic acids is 1. The minimum atomic E-state index is -4.48. The number of halogens is 3. The number of carboxylic acid groups (broad SMARTS) is 1. The van der Waals surface area contributed by atoms with Gasteiger partial charge in [0.15, 0.2) is 6.04 Å². The summed E-state index contributed by atoms with van der Waals surface area (Å²) in [5.41, 5.74) is -0.820. The van der Waals surface area contributed by atoms with Crippen molar-refractivity contribution in [2.24, 2.45) is 0 Å². The third-order valence-corrected chi connectivity index (χ3v) is 2.26. The van der Waals surface area contributed by atoms with Gasteiger partial charge in [-0.05, 0) is 24.3 Å². The predicted octanol–water partition coefficient (Wildman–Crippen LogP) is 1.27. The molecule has 110 valence electrons. The number of aliphatic hydroxyl groups excluding tert-OH is 1. The molecule has 6 nitrogen and oxygen atoms in total. The maximum absolute atomic E-state index is 12.3. The van der Waals surface area contributed by atoms with Crippen molar-refractivity contribution in [3.05, 3.63) is 29.8 Å². The van der Waals surface area contributed by atoms with Crippen molar-refractivity contribution >= 4 is 17.7 Å². The fraction of sp³-hybridized carbons (Fsp3) is 0.273. The summed E-state index contributed by atoms with van der Waals surface area (Å²) in [4.78, 5) is 21.9. The fourth-order valence-electron chi connectivity index (χ4n) is 1.25. The zero-order valence-electron chi connectivity index (χ0n) is 9.94. The number of amides is 2. The molecular formula is C11H11F3N2O4. The summed E-state index contributed by atoms with van der Waals surface area (Å²) in [6.45, 7) is -0.810. The molecule has 1 aromatic rings. The van der Waals surface area contributed by atoms with Gasteiger partial charge in [0, 0.05) is 5.69 Å². The van der Waals surface area contributed by atoms with Gasteiger partial charge >= 0.3 is 18.2 Å². The normalized spacial score (nSPS) is 12.6. The second-order valence-corrected chi connectivity index (χ2v) is 3.75. The monoisotopic (exact) mass is 292 g/mol. The van der Waals surface area contributed by atoms with Crippen LogP contribution in [0.4, 0.5) is 23.7 Å². The molecule has 1 aromatic carbocycles. The van der Waals surface area contributed by atoms with Crippen LogP contribution in [-0.4, -0.2) is 34.9 Å². The number of anilines is 1. The van der Waals surface area contributed by atoms with Gasteiger partial charge in [0.1, 0.15) is 0 Å². The van der Waals surface area contributed by atoms with Gasteiger partial charge in [-0.3, -0.25) is 0 Å². The van der Waals surface area contributed by atoms with E-state index in [0.29, 0.717) is 0 Å². The van der Waals surface area contributed by atoms with Crippen molar-refractivity contribution in [3.8, 4) is 0 Å². The van der Waals surface area contributed by atoms with Crippen LogP contribution < -0.4 is 10.6 Å². The molecule has 0 saturated carbocycles. The van der Waals surface area contributed by atoms with Crippen LogP contribution in [0.3, 0.4) is 0 Å². The number of rotatable bonds is 4. The first kappa shape index (κ1) is 15.8. The molecule has 20 heavy (non-hydrogen) atoms. The highest BCUT2D eigenvalue weighted by Gasteiger charge is 2.30. The Labute approximate surface area is 111 Å². The van der Waals surface area contributed by atoms with Gasteiger partial charge in [0.05, 0.1) is 12.2 Å². The van der Waals surface area contributed by atoms with E-state index in [1.54, 1.807) is 0 Å². The van der Waals surface area contributed by atoms with Crippen LogP contribution in [0.5, 0.6) is 0 Å². The highest BCUT2D eigenvalue weighted by atomic mass is 19.4. The van der Waals surface area contributed by atoms with Gasteiger partial charge in [0.25, 0.3) is 0 Å². The van der Waals surface area contributed by atoms with Gasteiger partial charge < -0.3 is 20.8 Å². The molecule has 1 rings (SSSR count). The Balaban J connectivity index is 2.65. The molecule has 0 aliphatic carbocycles. The predicted molar refractivity (Wildman–Crippen MR) is 62.1 cm³/mol. The number of urea groups is 1. The summed E-state index contributed by atoms with van der Waals surface area (Å²) >= 11 is 0. The van der Waals surface area contributed by atoms with E-state index in [0.717, 1.165) is 24.3 Å². The Morgan fingerprint density at radius 2 is 1.75 bits per heavy atom. The lowest BCUT2D eigenvalue weighted by molar-refractivity contribution is -0.140. The lowest BCUT2D eigenvalue weighted by Crippen LogP contribution is -2.45. The molecule has 9 heteroatoms. The quantitative estimate of drug-likeness (QED) is 0.671. The average Bonchev–Trinajstić information content (AvgIpc) is 2.35. The fourth-order valence-corrected chi connectivity index (χ4v) is 1.25. The molecule has 2 amide bonds. The van der Waals surface area contributed by atoms with Crippen molar-refractivity contribution in [1.82, 2.24) is 5.32 Å². The second kappa shape index (κ2) is 6.24. The van der Waals surface area contributed by atoms with Crippen LogP contribution in [0.1, 0.15) is 5.56 Å². The van der Waals surface area contributed by atoms with E-state index in [9.17, 15) is 22.8 Å². The van der Waals surface area contributed by atoms with Crippen molar-refractivity contribution in [1.29, 1.82) is 0 Å². The molecule has 0 bridgehead atoms. The standard InChI is InChI=1S/C11H11F3N2O4/c12-11(13,14)6-1-3-7(4-2-6)15-10(20)16-8(5-17)9(18)19/h1-4,8,17H,5H2,(H,18,19)(H2,15,16,20)/t8-/m0/s1. The largest absolute Gasteiger partial charge is 0.480 e. The molecule has 0 fully saturated rings. The second-order valence-electron chi connectivity index (χ2n) is 3.75. The van der Waals surface area contributed by atoms with Crippen LogP contribution in [0.25, 0.3) is 0 Å². The Kier molecular flexibility index (Phi) is 4.92. The Morgan fingerprint density at radius 1 is 1.20 bits per heavy atom. The molecule has 4 N–H and O–H groups in total. The first-order valence-corrected chi connectivity index (χ1v) is 5.32. The van der Waals surface area contributed by atoms with Crippen LogP contribution in [-0.2, 0) is 11.0 Å². The van der Waals surface area contributed by atoms with Crippen LogP contribution in [0.2, 0.25) is 0 Å². The molecule has 0 unspecified atom stereocenters. The van der Waals surface area contributed by atoms with E-state index >= 15 is 0 Å². The van der Waals surface area contributed by atoms with E-state index in [-0.39, 0.29) is 5.69 Å². The average molecular weight is 292 g/mol. The molecule has 0 radical (unpaired) electrons. The minimum absolute atomic E-state index is 0.0533. The number of alkyl halides is 3. The number of benzene rings is 1. The Bertz CT molecular complexity index is 487. The first-order valence-electron chi connectivity index (χ1n) is 5.32. The zero-order chi connectivity index (χ0) is 15.3. The number of hydrogen-bond acceptors (Lipinski definition) is 3. The Hall–Kier alpha value is -2.29. The highest BCUT2D eigenvalue weighted by molar-refractivity contribution is 5.92. The maximum Gasteiger partial charge on any atom is 0.416 e. The van der Waals surface area contributed by atoms with Gasteiger partial charge in [0.2, 0.25) is 0 Å². The topological polar surface area (TPSA) is 98.7 Å². The molecule has 0 aromatic heterocycles. The minimum Gasteiger partial charge on any atom is -0.480 e. The van der Waals surface area contributed by atoms with Crippen LogP contribution in [0, 0.1) is 0 Å². The molecule has 0 heterocycles. The number of carbonyl (C=O) groups is 2. The third-order valence-electron chi connectivity index (χ3n) is 2.26. The lowest BCUT2D eigenvalue weighted by Gasteiger charge is -2.13. The summed E-state index contributed by atoms with van der Waals surface area (Å²) in [5.74, 6) is -1.44. The smallest absolute Gasteiger partial charge is 0.416 e. The summed E-state index contributed by atoms with van der Waals surface area (Å²) < 4.78 is 36.9. The van der Waals surface area contributed by atoms with Gasteiger partial charge in [-0.15, -0.1) is 0 Å². The van der Waals surface area contributed by atoms with Gasteiger partial charge in [-0.1, -0.05) is 0 Å². The van der Waals surface area contributed by atoms with E-state index in [1.807, 2.05) is 5.32 Å². The first-order chi connectivity index (χ1) is 9.24. The molecule has 1 atom stereocenters. The van der Waals surface area contributed by atoms with Crippen LogP contribution in [0.15, 0.2) is 24.3 Å². The van der Waals surface area contributed by atoms with E-state index in [1.165, 1.54) is 0 Å². The SMILES string of the molecule is O=C(Nc1ccc(C(F)(F)F)cc1)N[C@@H](CO)C(=O)O. The van der Waals surface area contributed by atoms with Gasteiger partial charge in [-0.25, -0.2) is 9.59 Å². The maximum atomic E-state index is 12.3. The highest BCUT2D eigenvalue weighted by Crippen LogP contribution is 2.29. The van der Waals surface area contributed by atoms with E-state index in [2.05, 4.69) is 5.32 Å². The Morgan fingerprint density at radius 3 is 2.15 bits per heavy atom.